The number of amides is 2. The zero-order chi connectivity index (χ0) is 20.1. The van der Waals surface area contributed by atoms with Crippen LogP contribution in [0.3, 0.4) is 0 Å². The zero-order valence-electron chi connectivity index (χ0n) is 15.7. The third-order valence-electron chi connectivity index (χ3n) is 4.75. The van der Waals surface area contributed by atoms with Gasteiger partial charge in [-0.25, -0.2) is 0 Å². The number of para-hydroxylation sites is 3. The molecule has 0 spiro atoms. The maximum absolute atomic E-state index is 12.6. The molecule has 0 bridgehead atoms. The van der Waals surface area contributed by atoms with Gasteiger partial charge in [-0.3, -0.25) is 14.6 Å². The Morgan fingerprint density at radius 3 is 2.41 bits per heavy atom. The van der Waals surface area contributed by atoms with E-state index in [-0.39, 0.29) is 23.7 Å². The molecule has 2 atom stereocenters. The van der Waals surface area contributed by atoms with Crippen molar-refractivity contribution in [2.45, 2.75) is 13.0 Å². The lowest BCUT2D eigenvalue weighted by Gasteiger charge is -2.12. The molecule has 0 saturated heterocycles. The van der Waals surface area contributed by atoms with Crippen molar-refractivity contribution in [2.75, 3.05) is 5.32 Å². The molecule has 146 valence electrons. The van der Waals surface area contributed by atoms with Gasteiger partial charge < -0.3 is 15.4 Å². The number of carbonyl (C=O) groups excluding carboxylic acids is 2. The molecule has 3 aromatic rings. The Bertz CT molecular complexity index is 993. The molecule has 2 aromatic carbocycles. The van der Waals surface area contributed by atoms with Crippen LogP contribution in [0.25, 0.3) is 0 Å². The average molecular weight is 387 g/mol. The molecule has 29 heavy (non-hydrogen) atoms. The first-order chi connectivity index (χ1) is 14.2. The molecule has 1 aliphatic carbocycles. The summed E-state index contributed by atoms with van der Waals surface area (Å²) in [5.74, 6) is 0.317. The van der Waals surface area contributed by atoms with E-state index < -0.39 is 0 Å². The monoisotopic (exact) mass is 387 g/mol. The van der Waals surface area contributed by atoms with Gasteiger partial charge in [0.25, 0.3) is 0 Å². The number of carbonyl (C=O) groups is 2. The predicted octanol–water partition coefficient (Wildman–Crippen LogP) is 3.76. The third-order valence-corrected chi connectivity index (χ3v) is 4.75. The molecular formula is C23H21N3O3. The van der Waals surface area contributed by atoms with Gasteiger partial charge in [-0.15, -0.1) is 0 Å². The lowest BCUT2D eigenvalue weighted by Crippen LogP contribution is -2.27. The summed E-state index contributed by atoms with van der Waals surface area (Å²) in [5.41, 5.74) is 1.37. The Kier molecular flexibility index (Phi) is 5.52. The van der Waals surface area contributed by atoms with Crippen molar-refractivity contribution < 1.29 is 14.3 Å². The minimum atomic E-state index is -0.330. The summed E-state index contributed by atoms with van der Waals surface area (Å²) in [6.45, 7) is 0.359. The van der Waals surface area contributed by atoms with E-state index in [9.17, 15) is 9.59 Å². The van der Waals surface area contributed by atoms with Gasteiger partial charge >= 0.3 is 0 Å². The molecule has 2 N–H and O–H groups in total. The van der Waals surface area contributed by atoms with Crippen LogP contribution in [0.4, 0.5) is 5.69 Å². The van der Waals surface area contributed by atoms with E-state index in [1.165, 1.54) is 0 Å². The van der Waals surface area contributed by atoms with Crippen molar-refractivity contribution in [3.05, 3.63) is 84.7 Å². The van der Waals surface area contributed by atoms with E-state index in [0.717, 1.165) is 5.69 Å². The van der Waals surface area contributed by atoms with Crippen LogP contribution in [0, 0.1) is 11.8 Å². The fraction of sp³-hybridized carbons (Fsp3) is 0.174. The van der Waals surface area contributed by atoms with Gasteiger partial charge in [-0.2, -0.15) is 0 Å². The highest BCUT2D eigenvalue weighted by atomic mass is 16.5. The third kappa shape index (κ3) is 4.79. The van der Waals surface area contributed by atoms with Crippen LogP contribution < -0.4 is 15.4 Å². The molecule has 1 aromatic heterocycles. The second kappa shape index (κ2) is 8.56. The van der Waals surface area contributed by atoms with Crippen molar-refractivity contribution in [1.82, 2.24) is 10.3 Å². The smallest absolute Gasteiger partial charge is 0.228 e. The lowest BCUT2D eigenvalue weighted by atomic mass is 10.2. The summed E-state index contributed by atoms with van der Waals surface area (Å²) in [6.07, 6.45) is 2.23. The van der Waals surface area contributed by atoms with Crippen LogP contribution in [0.1, 0.15) is 12.1 Å². The standard InChI is InChI=1S/C23H21N3O3/c27-22(25-15-16-8-6-7-13-24-16)18-14-19(18)23(28)26-20-11-4-5-12-21(20)29-17-9-2-1-3-10-17/h1-13,18-19H,14-15H2,(H,25,27)(H,26,28). The molecule has 0 aliphatic heterocycles. The van der Waals surface area contributed by atoms with Gasteiger partial charge in [0.1, 0.15) is 5.75 Å². The summed E-state index contributed by atoms with van der Waals surface area (Å²) in [5, 5.41) is 5.74. The SMILES string of the molecule is O=C(NCc1ccccn1)C1CC1C(=O)Nc1ccccc1Oc1ccccc1. The average Bonchev–Trinajstić information content (AvgIpc) is 3.56. The summed E-state index contributed by atoms with van der Waals surface area (Å²) >= 11 is 0. The molecule has 1 saturated carbocycles. The number of hydrogen-bond donors (Lipinski definition) is 2. The minimum absolute atomic E-state index is 0.121. The Hall–Kier alpha value is -3.67. The van der Waals surface area contributed by atoms with E-state index in [1.807, 2.05) is 60.7 Å². The molecule has 1 heterocycles. The Labute approximate surface area is 168 Å². The van der Waals surface area contributed by atoms with Gasteiger partial charge in [0.2, 0.25) is 11.8 Å². The van der Waals surface area contributed by atoms with Crippen LogP contribution in [0.15, 0.2) is 79.0 Å². The highest BCUT2D eigenvalue weighted by molar-refractivity contribution is 6.00. The van der Waals surface area contributed by atoms with E-state index in [0.29, 0.717) is 30.2 Å². The number of nitrogens with one attached hydrogen (secondary N) is 2. The Morgan fingerprint density at radius 1 is 0.897 bits per heavy atom. The molecule has 2 amide bonds. The van der Waals surface area contributed by atoms with Gasteiger partial charge in [-0.1, -0.05) is 36.4 Å². The van der Waals surface area contributed by atoms with Crippen LogP contribution in [0.5, 0.6) is 11.5 Å². The minimum Gasteiger partial charge on any atom is -0.455 e. The van der Waals surface area contributed by atoms with Crippen LogP contribution >= 0.6 is 0 Å². The number of anilines is 1. The van der Waals surface area contributed by atoms with Crippen molar-refractivity contribution in [3.63, 3.8) is 0 Å². The van der Waals surface area contributed by atoms with E-state index >= 15 is 0 Å². The van der Waals surface area contributed by atoms with Gasteiger partial charge in [0.15, 0.2) is 5.75 Å². The van der Waals surface area contributed by atoms with Gasteiger partial charge in [0, 0.05) is 6.20 Å². The number of aromatic nitrogens is 1. The highest BCUT2D eigenvalue weighted by Crippen LogP contribution is 2.40. The Morgan fingerprint density at radius 2 is 1.62 bits per heavy atom. The van der Waals surface area contributed by atoms with Crippen LogP contribution in [-0.4, -0.2) is 16.8 Å². The van der Waals surface area contributed by atoms with E-state index in [4.69, 9.17) is 4.74 Å². The molecule has 1 aliphatic rings. The van der Waals surface area contributed by atoms with Crippen LogP contribution in [-0.2, 0) is 16.1 Å². The summed E-state index contributed by atoms with van der Waals surface area (Å²) in [6, 6.07) is 22.2. The lowest BCUT2D eigenvalue weighted by molar-refractivity contribution is -0.125. The maximum atomic E-state index is 12.6. The highest BCUT2D eigenvalue weighted by Gasteiger charge is 2.48. The fourth-order valence-corrected chi connectivity index (χ4v) is 3.09. The van der Waals surface area contributed by atoms with Crippen molar-refractivity contribution in [2.24, 2.45) is 11.8 Å². The van der Waals surface area contributed by atoms with Gasteiger partial charge in [-0.05, 0) is 42.8 Å². The number of benzene rings is 2. The summed E-state index contributed by atoms with van der Waals surface area (Å²) < 4.78 is 5.87. The molecule has 6 heteroatoms. The molecular weight excluding hydrogens is 366 g/mol. The van der Waals surface area contributed by atoms with Crippen molar-refractivity contribution >= 4 is 17.5 Å². The molecule has 1 fully saturated rings. The predicted molar refractivity (Wildman–Crippen MR) is 109 cm³/mol. The number of hydrogen-bond acceptors (Lipinski definition) is 4. The number of pyridine rings is 1. The van der Waals surface area contributed by atoms with Crippen molar-refractivity contribution in [1.29, 1.82) is 0 Å². The second-order valence-corrected chi connectivity index (χ2v) is 6.89. The van der Waals surface area contributed by atoms with Gasteiger partial charge in [0.05, 0.1) is 29.8 Å². The summed E-state index contributed by atoms with van der Waals surface area (Å²) in [7, 11) is 0. The first-order valence-electron chi connectivity index (χ1n) is 9.51. The molecule has 0 radical (unpaired) electrons. The largest absolute Gasteiger partial charge is 0.455 e. The summed E-state index contributed by atoms with van der Waals surface area (Å²) in [4.78, 5) is 29.1. The fourth-order valence-electron chi connectivity index (χ4n) is 3.09. The zero-order valence-corrected chi connectivity index (χ0v) is 15.7. The molecule has 2 unspecified atom stereocenters. The molecule has 4 rings (SSSR count). The number of ether oxygens (including phenoxy) is 1. The van der Waals surface area contributed by atoms with Crippen molar-refractivity contribution in [3.8, 4) is 11.5 Å². The van der Waals surface area contributed by atoms with E-state index in [1.54, 1.807) is 18.3 Å². The number of nitrogens with zero attached hydrogens (tertiary/aromatic N) is 1. The second-order valence-electron chi connectivity index (χ2n) is 6.89. The molecule has 6 nitrogen and oxygen atoms in total. The first kappa shape index (κ1) is 18.7. The number of rotatable bonds is 7. The van der Waals surface area contributed by atoms with E-state index in [2.05, 4.69) is 15.6 Å². The quantitative estimate of drug-likeness (QED) is 0.647. The topological polar surface area (TPSA) is 80.3 Å². The maximum Gasteiger partial charge on any atom is 0.228 e. The van der Waals surface area contributed by atoms with Crippen LogP contribution in [0.2, 0.25) is 0 Å². The first-order valence-corrected chi connectivity index (χ1v) is 9.51. The Balaban J connectivity index is 1.33. The normalized spacial score (nSPS) is 17.2.